The van der Waals surface area contributed by atoms with Gasteiger partial charge in [0, 0.05) is 18.9 Å². The molecule has 3 aromatic rings. The highest BCUT2D eigenvalue weighted by Crippen LogP contribution is 2.27. The van der Waals surface area contributed by atoms with Gasteiger partial charge in [0.2, 0.25) is 5.91 Å². The molecule has 1 unspecified atom stereocenters. The molecule has 0 spiro atoms. The van der Waals surface area contributed by atoms with E-state index in [-0.39, 0.29) is 11.9 Å². The molecular weight excluding hydrogens is 358 g/mol. The molecule has 1 atom stereocenters. The first-order chi connectivity index (χ1) is 13.1. The first-order valence-electron chi connectivity index (χ1n) is 8.94. The minimum Gasteiger partial charge on any atom is -0.490 e. The van der Waals surface area contributed by atoms with Crippen LogP contribution in [0.4, 0.5) is 5.69 Å². The standard InChI is InChI=1S/C21H25N3O2S/c1-23(2)12-13-26-20-8-4-3-7-18(20)22-21(25)15-19(17-9-14-27-16-17)24-10-5-6-11-24/h3-11,14,16,19H,12-13,15H2,1-2H3,(H,22,25). The number of para-hydroxylation sites is 2. The van der Waals surface area contributed by atoms with Crippen LogP contribution in [0.5, 0.6) is 5.75 Å². The lowest BCUT2D eigenvalue weighted by atomic mass is 10.1. The molecule has 2 aromatic heterocycles. The Kier molecular flexibility index (Phi) is 6.68. The number of ether oxygens (including phenoxy) is 1. The number of thiophene rings is 1. The van der Waals surface area contributed by atoms with Gasteiger partial charge in [-0.25, -0.2) is 0 Å². The molecule has 5 nitrogen and oxygen atoms in total. The Morgan fingerprint density at radius 1 is 1.19 bits per heavy atom. The van der Waals surface area contributed by atoms with Crippen LogP contribution in [0.2, 0.25) is 0 Å². The van der Waals surface area contributed by atoms with Gasteiger partial charge in [-0.1, -0.05) is 12.1 Å². The van der Waals surface area contributed by atoms with E-state index >= 15 is 0 Å². The minimum absolute atomic E-state index is 0.0203. The van der Waals surface area contributed by atoms with Crippen LogP contribution < -0.4 is 10.1 Å². The van der Waals surface area contributed by atoms with E-state index < -0.39 is 0 Å². The lowest BCUT2D eigenvalue weighted by Crippen LogP contribution is -2.21. The summed E-state index contributed by atoms with van der Waals surface area (Å²) >= 11 is 1.64. The van der Waals surface area contributed by atoms with E-state index in [1.807, 2.05) is 68.3 Å². The second kappa shape index (κ2) is 9.39. The van der Waals surface area contributed by atoms with Crippen LogP contribution in [0.3, 0.4) is 0 Å². The van der Waals surface area contributed by atoms with Crippen LogP contribution in [0.15, 0.2) is 65.6 Å². The second-order valence-corrected chi connectivity index (χ2v) is 7.38. The minimum atomic E-state index is -0.0384. The summed E-state index contributed by atoms with van der Waals surface area (Å²) in [6.07, 6.45) is 4.35. The third-order valence-corrected chi connectivity index (χ3v) is 4.95. The number of carbonyl (C=O) groups excluding carboxylic acids is 1. The Balaban J connectivity index is 1.68. The summed E-state index contributed by atoms with van der Waals surface area (Å²) in [4.78, 5) is 14.8. The van der Waals surface area contributed by atoms with Crippen molar-refractivity contribution in [2.24, 2.45) is 0 Å². The Labute approximate surface area is 164 Å². The topological polar surface area (TPSA) is 46.5 Å². The van der Waals surface area contributed by atoms with E-state index in [1.165, 1.54) is 0 Å². The number of amides is 1. The van der Waals surface area contributed by atoms with Gasteiger partial charge < -0.3 is 19.5 Å². The third-order valence-electron chi connectivity index (χ3n) is 4.25. The van der Waals surface area contributed by atoms with Gasteiger partial charge in [0.05, 0.1) is 18.2 Å². The van der Waals surface area contributed by atoms with Gasteiger partial charge in [0.25, 0.3) is 0 Å². The summed E-state index contributed by atoms with van der Waals surface area (Å²) in [6.45, 7) is 1.39. The highest BCUT2D eigenvalue weighted by atomic mass is 32.1. The molecule has 0 bridgehead atoms. The van der Waals surface area contributed by atoms with Crippen molar-refractivity contribution in [3.8, 4) is 5.75 Å². The smallest absolute Gasteiger partial charge is 0.226 e. The molecule has 27 heavy (non-hydrogen) atoms. The monoisotopic (exact) mass is 383 g/mol. The van der Waals surface area contributed by atoms with Gasteiger partial charge in [-0.15, -0.1) is 0 Å². The first-order valence-corrected chi connectivity index (χ1v) is 9.88. The predicted octanol–water partition coefficient (Wildman–Crippen LogP) is 4.11. The fourth-order valence-corrected chi connectivity index (χ4v) is 3.53. The van der Waals surface area contributed by atoms with Crippen molar-refractivity contribution in [1.82, 2.24) is 9.47 Å². The largest absolute Gasteiger partial charge is 0.490 e. The number of anilines is 1. The van der Waals surface area contributed by atoms with Crippen molar-refractivity contribution in [3.05, 3.63) is 71.2 Å². The normalized spacial score (nSPS) is 12.1. The van der Waals surface area contributed by atoms with Crippen LogP contribution in [0.1, 0.15) is 18.0 Å². The molecule has 0 aliphatic rings. The van der Waals surface area contributed by atoms with Crippen LogP contribution in [-0.2, 0) is 4.79 Å². The number of nitrogens with zero attached hydrogens (tertiary/aromatic N) is 2. The molecule has 0 saturated heterocycles. The summed E-state index contributed by atoms with van der Waals surface area (Å²) in [6, 6.07) is 13.6. The highest BCUT2D eigenvalue weighted by molar-refractivity contribution is 7.08. The van der Waals surface area contributed by atoms with Crippen molar-refractivity contribution < 1.29 is 9.53 Å². The summed E-state index contributed by atoms with van der Waals surface area (Å²) < 4.78 is 7.91. The van der Waals surface area contributed by atoms with Gasteiger partial charge in [0.15, 0.2) is 0 Å². The number of hydrogen-bond donors (Lipinski definition) is 1. The maximum Gasteiger partial charge on any atom is 0.226 e. The second-order valence-electron chi connectivity index (χ2n) is 6.60. The zero-order valence-electron chi connectivity index (χ0n) is 15.7. The van der Waals surface area contributed by atoms with Crippen LogP contribution in [0.25, 0.3) is 0 Å². The lowest BCUT2D eigenvalue weighted by Gasteiger charge is -2.19. The van der Waals surface area contributed by atoms with Crippen molar-refractivity contribution in [1.29, 1.82) is 0 Å². The van der Waals surface area contributed by atoms with E-state index in [9.17, 15) is 4.79 Å². The van der Waals surface area contributed by atoms with E-state index in [0.29, 0.717) is 24.5 Å². The molecule has 3 rings (SSSR count). The van der Waals surface area contributed by atoms with Crippen molar-refractivity contribution in [2.75, 3.05) is 32.6 Å². The van der Waals surface area contributed by atoms with E-state index in [2.05, 4.69) is 26.2 Å². The average Bonchev–Trinajstić information content (AvgIpc) is 3.35. The Morgan fingerprint density at radius 2 is 1.96 bits per heavy atom. The number of likely N-dealkylation sites (N-methyl/N-ethyl adjacent to an activating group) is 1. The molecule has 0 aliphatic heterocycles. The van der Waals surface area contributed by atoms with E-state index in [0.717, 1.165) is 12.1 Å². The lowest BCUT2D eigenvalue weighted by molar-refractivity contribution is -0.116. The van der Waals surface area contributed by atoms with Crippen molar-refractivity contribution >= 4 is 22.9 Å². The molecule has 0 aliphatic carbocycles. The number of rotatable bonds is 9. The zero-order valence-corrected chi connectivity index (χ0v) is 16.5. The van der Waals surface area contributed by atoms with Gasteiger partial charge in [-0.05, 0) is 60.8 Å². The average molecular weight is 384 g/mol. The Hall–Kier alpha value is -2.57. The SMILES string of the molecule is CN(C)CCOc1ccccc1NC(=O)CC(c1ccsc1)n1cccc1. The Morgan fingerprint density at radius 3 is 2.67 bits per heavy atom. The molecule has 0 fully saturated rings. The fraction of sp³-hybridized carbons (Fsp3) is 0.286. The molecule has 6 heteroatoms. The van der Waals surface area contributed by atoms with Crippen molar-refractivity contribution in [3.63, 3.8) is 0 Å². The fourth-order valence-electron chi connectivity index (χ4n) is 2.83. The summed E-state index contributed by atoms with van der Waals surface area (Å²) in [5, 5.41) is 7.15. The molecule has 2 heterocycles. The highest BCUT2D eigenvalue weighted by Gasteiger charge is 2.18. The quantitative estimate of drug-likeness (QED) is 0.605. The van der Waals surface area contributed by atoms with Gasteiger partial charge in [-0.3, -0.25) is 4.79 Å². The van der Waals surface area contributed by atoms with E-state index in [1.54, 1.807) is 11.3 Å². The van der Waals surface area contributed by atoms with Gasteiger partial charge >= 0.3 is 0 Å². The van der Waals surface area contributed by atoms with Crippen LogP contribution in [0, 0.1) is 0 Å². The summed E-state index contributed by atoms with van der Waals surface area (Å²) in [5.41, 5.74) is 1.85. The molecule has 0 saturated carbocycles. The van der Waals surface area contributed by atoms with Crippen molar-refractivity contribution in [2.45, 2.75) is 12.5 Å². The zero-order chi connectivity index (χ0) is 19.1. The molecule has 0 radical (unpaired) electrons. The predicted molar refractivity (Wildman–Crippen MR) is 111 cm³/mol. The maximum absolute atomic E-state index is 12.8. The number of aromatic nitrogens is 1. The van der Waals surface area contributed by atoms with Gasteiger partial charge in [-0.2, -0.15) is 11.3 Å². The molecule has 1 amide bonds. The number of nitrogens with one attached hydrogen (secondary N) is 1. The maximum atomic E-state index is 12.8. The number of hydrogen-bond acceptors (Lipinski definition) is 4. The molecule has 1 N–H and O–H groups in total. The number of benzene rings is 1. The molecule has 1 aromatic carbocycles. The van der Waals surface area contributed by atoms with Gasteiger partial charge in [0.1, 0.15) is 12.4 Å². The third kappa shape index (κ3) is 5.45. The first kappa shape index (κ1) is 19.2. The molecule has 142 valence electrons. The van der Waals surface area contributed by atoms with Crippen LogP contribution in [-0.4, -0.2) is 42.6 Å². The summed E-state index contributed by atoms with van der Waals surface area (Å²) in [5.74, 6) is 0.657. The summed E-state index contributed by atoms with van der Waals surface area (Å²) in [7, 11) is 4.01. The molecular formula is C21H25N3O2S. The Bertz CT molecular complexity index is 795. The van der Waals surface area contributed by atoms with Crippen LogP contribution >= 0.6 is 11.3 Å². The van der Waals surface area contributed by atoms with E-state index in [4.69, 9.17) is 4.74 Å². The number of carbonyl (C=O) groups is 1.